The van der Waals surface area contributed by atoms with Crippen molar-refractivity contribution in [3.05, 3.63) is 21.3 Å². The van der Waals surface area contributed by atoms with Crippen LogP contribution < -0.4 is 0 Å². The van der Waals surface area contributed by atoms with E-state index in [1.54, 1.807) is 0 Å². The largest absolute Gasteiger partial charge is 0.0880 e. The molecule has 0 aliphatic heterocycles. The first-order chi connectivity index (χ1) is 5.60. The molecule has 0 spiro atoms. The quantitative estimate of drug-likeness (QED) is 0.395. The summed E-state index contributed by atoms with van der Waals surface area (Å²) >= 11 is 5.74. The van der Waals surface area contributed by atoms with E-state index in [1.807, 2.05) is 0 Å². The third kappa shape index (κ3) is 6.23. The van der Waals surface area contributed by atoms with E-state index in [0.29, 0.717) is 5.92 Å². The van der Waals surface area contributed by atoms with Crippen LogP contribution in [0.25, 0.3) is 0 Å². The van der Waals surface area contributed by atoms with Crippen LogP contribution in [-0.2, 0) is 0 Å². The van der Waals surface area contributed by atoms with Crippen LogP contribution in [0.2, 0.25) is 0 Å². The van der Waals surface area contributed by atoms with Crippen molar-refractivity contribution in [1.29, 1.82) is 0 Å². The van der Waals surface area contributed by atoms with Crippen molar-refractivity contribution in [2.24, 2.45) is 5.92 Å². The van der Waals surface area contributed by atoms with E-state index in [-0.39, 0.29) is 0 Å². The highest BCUT2D eigenvalue weighted by Crippen LogP contribution is 2.15. The molecule has 0 radical (unpaired) electrons. The van der Waals surface area contributed by atoms with Gasteiger partial charge in [0, 0.05) is 5.33 Å². The summed E-state index contributed by atoms with van der Waals surface area (Å²) in [5.41, 5.74) is 2.88. The van der Waals surface area contributed by atoms with E-state index in [2.05, 4.69) is 69.5 Å². The summed E-state index contributed by atoms with van der Waals surface area (Å²) in [4.78, 5) is 0. The molecular formula is C10H16BrI. The first kappa shape index (κ1) is 12.7. The molecule has 0 amide bonds. The van der Waals surface area contributed by atoms with Gasteiger partial charge in [-0.25, -0.2) is 0 Å². The normalized spacial score (nSPS) is 16.4. The van der Waals surface area contributed by atoms with Crippen LogP contribution in [-0.4, -0.2) is 5.33 Å². The molecule has 0 fully saturated rings. The zero-order valence-corrected chi connectivity index (χ0v) is 11.6. The second-order valence-corrected chi connectivity index (χ2v) is 4.47. The van der Waals surface area contributed by atoms with Crippen LogP contribution in [0.1, 0.15) is 27.2 Å². The fourth-order valence-electron chi connectivity index (χ4n) is 1.14. The standard InChI is InChI=1S/C10H16BrI/c1-8(4-9(2)6-11)5-10(3)7-12/h4,7-8H,5-6H2,1-3H3/b9-4-,10-7+/t8-/m0/s1. The van der Waals surface area contributed by atoms with Crippen molar-refractivity contribution in [1.82, 2.24) is 0 Å². The molecule has 12 heavy (non-hydrogen) atoms. The van der Waals surface area contributed by atoms with Crippen molar-refractivity contribution in [3.63, 3.8) is 0 Å². The second kappa shape index (κ2) is 7.13. The van der Waals surface area contributed by atoms with Gasteiger partial charge in [-0.15, -0.1) is 0 Å². The monoisotopic (exact) mass is 342 g/mol. The van der Waals surface area contributed by atoms with Gasteiger partial charge in [-0.1, -0.05) is 62.7 Å². The van der Waals surface area contributed by atoms with Gasteiger partial charge in [-0.3, -0.25) is 0 Å². The average Bonchev–Trinajstić information content (AvgIpc) is 2.03. The van der Waals surface area contributed by atoms with Crippen molar-refractivity contribution in [2.45, 2.75) is 27.2 Å². The molecule has 0 saturated heterocycles. The minimum absolute atomic E-state index is 0.661. The van der Waals surface area contributed by atoms with E-state index in [1.165, 1.54) is 17.6 Å². The summed E-state index contributed by atoms with van der Waals surface area (Å²) in [6.07, 6.45) is 3.51. The Morgan fingerprint density at radius 2 is 2.00 bits per heavy atom. The predicted molar refractivity (Wildman–Crippen MR) is 69.1 cm³/mol. The highest BCUT2D eigenvalue weighted by molar-refractivity contribution is 14.1. The molecule has 0 heterocycles. The first-order valence-corrected chi connectivity index (χ1v) is 6.46. The molecular weight excluding hydrogens is 327 g/mol. The molecule has 0 saturated carbocycles. The van der Waals surface area contributed by atoms with Crippen LogP contribution in [0.3, 0.4) is 0 Å². The summed E-state index contributed by atoms with van der Waals surface area (Å²) in [5, 5.41) is 0.990. The summed E-state index contributed by atoms with van der Waals surface area (Å²) < 4.78 is 2.16. The number of allylic oxidation sites excluding steroid dienone is 3. The molecule has 0 rings (SSSR count). The van der Waals surface area contributed by atoms with Gasteiger partial charge in [0.05, 0.1) is 0 Å². The summed E-state index contributed by atoms with van der Waals surface area (Å²) in [5.74, 6) is 0.661. The van der Waals surface area contributed by atoms with Gasteiger partial charge in [-0.2, -0.15) is 0 Å². The van der Waals surface area contributed by atoms with Gasteiger partial charge >= 0.3 is 0 Å². The van der Waals surface area contributed by atoms with Crippen LogP contribution in [0.15, 0.2) is 21.3 Å². The Bertz CT molecular complexity index is 182. The molecule has 0 unspecified atom stereocenters. The smallest absolute Gasteiger partial charge is 0.0239 e. The Morgan fingerprint density at radius 1 is 1.42 bits per heavy atom. The summed E-state index contributed by atoms with van der Waals surface area (Å²) in [6, 6.07) is 0. The number of alkyl halides is 1. The average molecular weight is 343 g/mol. The molecule has 0 N–H and O–H groups in total. The lowest BCUT2D eigenvalue weighted by Gasteiger charge is -2.06. The molecule has 1 atom stereocenters. The molecule has 0 aromatic heterocycles. The Morgan fingerprint density at radius 3 is 2.42 bits per heavy atom. The summed E-state index contributed by atoms with van der Waals surface area (Å²) in [7, 11) is 0. The zero-order chi connectivity index (χ0) is 9.56. The third-order valence-corrected chi connectivity index (χ3v) is 3.56. The van der Waals surface area contributed by atoms with Gasteiger partial charge in [0.1, 0.15) is 0 Å². The van der Waals surface area contributed by atoms with Gasteiger partial charge in [0.2, 0.25) is 0 Å². The van der Waals surface area contributed by atoms with Crippen molar-refractivity contribution < 1.29 is 0 Å². The molecule has 0 aliphatic rings. The molecule has 0 aromatic carbocycles. The van der Waals surface area contributed by atoms with Gasteiger partial charge in [0.25, 0.3) is 0 Å². The van der Waals surface area contributed by atoms with E-state index in [0.717, 1.165) is 5.33 Å². The molecule has 2 heteroatoms. The van der Waals surface area contributed by atoms with Crippen molar-refractivity contribution in [2.75, 3.05) is 5.33 Å². The van der Waals surface area contributed by atoms with Crippen LogP contribution in [0.5, 0.6) is 0 Å². The number of hydrogen-bond donors (Lipinski definition) is 0. The summed E-state index contributed by atoms with van der Waals surface area (Å²) in [6.45, 7) is 6.60. The van der Waals surface area contributed by atoms with E-state index >= 15 is 0 Å². The fourth-order valence-corrected chi connectivity index (χ4v) is 1.58. The van der Waals surface area contributed by atoms with Gasteiger partial charge in [0.15, 0.2) is 0 Å². The topological polar surface area (TPSA) is 0 Å². The molecule has 0 aromatic rings. The number of rotatable bonds is 4. The third-order valence-electron chi connectivity index (χ3n) is 1.61. The molecule has 0 aliphatic carbocycles. The molecule has 70 valence electrons. The van der Waals surface area contributed by atoms with Crippen LogP contribution >= 0.6 is 38.5 Å². The first-order valence-electron chi connectivity index (χ1n) is 4.09. The maximum atomic E-state index is 3.44. The van der Waals surface area contributed by atoms with Crippen molar-refractivity contribution in [3.8, 4) is 0 Å². The Kier molecular flexibility index (Phi) is 7.54. The molecule has 0 bridgehead atoms. The lowest BCUT2D eigenvalue weighted by molar-refractivity contribution is 0.712. The Labute approximate surface area is 97.8 Å². The SMILES string of the molecule is C/C(=C/[C@H](C)C/C(C)=C/I)CBr. The number of hydrogen-bond acceptors (Lipinski definition) is 0. The Hall–Kier alpha value is 0.690. The van der Waals surface area contributed by atoms with Gasteiger partial charge in [-0.05, 0) is 30.3 Å². The molecule has 0 nitrogen and oxygen atoms in total. The predicted octanol–water partition coefficient (Wildman–Crippen LogP) is 4.69. The van der Waals surface area contributed by atoms with E-state index in [4.69, 9.17) is 0 Å². The zero-order valence-electron chi connectivity index (χ0n) is 7.90. The minimum atomic E-state index is 0.661. The van der Waals surface area contributed by atoms with Crippen LogP contribution in [0.4, 0.5) is 0 Å². The van der Waals surface area contributed by atoms with Crippen LogP contribution in [0, 0.1) is 5.92 Å². The van der Waals surface area contributed by atoms with E-state index < -0.39 is 0 Å². The van der Waals surface area contributed by atoms with Gasteiger partial charge < -0.3 is 0 Å². The minimum Gasteiger partial charge on any atom is -0.0880 e. The lowest BCUT2D eigenvalue weighted by atomic mass is 10.0. The maximum Gasteiger partial charge on any atom is 0.0239 e. The van der Waals surface area contributed by atoms with E-state index in [9.17, 15) is 0 Å². The number of halogens is 2. The maximum absolute atomic E-state index is 3.44. The highest BCUT2D eigenvalue weighted by atomic mass is 127. The fraction of sp³-hybridized carbons (Fsp3) is 0.600. The van der Waals surface area contributed by atoms with Crippen molar-refractivity contribution >= 4 is 38.5 Å². The second-order valence-electron chi connectivity index (χ2n) is 3.28. The Balaban J connectivity index is 3.97. The highest BCUT2D eigenvalue weighted by Gasteiger charge is 1.99. The lowest BCUT2D eigenvalue weighted by Crippen LogP contribution is -1.92.